The number of carbonyl (C=O) groups is 8. The Morgan fingerprint density at radius 2 is 0.760 bits per heavy atom. The van der Waals surface area contributed by atoms with Gasteiger partial charge < -0.3 is 82.6 Å². The first-order valence-corrected chi connectivity index (χ1v) is 41.2. The van der Waals surface area contributed by atoms with Crippen LogP contribution in [0.1, 0.15) is 122 Å². The fraction of sp³-hybridized carbons (Fsp3) is 0.354. The van der Waals surface area contributed by atoms with Crippen molar-refractivity contribution in [1.29, 1.82) is 0 Å². The minimum Gasteiger partial charge on any atom is -0.463 e. The van der Waals surface area contributed by atoms with E-state index >= 15 is 0 Å². The average Bonchev–Trinajstić information content (AvgIpc) is 0.926. The first-order chi connectivity index (χ1) is 57.4. The molecular weight excluding hydrogens is 1780 g/mol. The van der Waals surface area contributed by atoms with Crippen molar-refractivity contribution in [3.8, 4) is 20.9 Å². The summed E-state index contributed by atoms with van der Waals surface area (Å²) in [5.74, 6) is -7.06. The lowest BCUT2D eigenvalue weighted by Gasteiger charge is -2.44. The third-order valence-electron chi connectivity index (χ3n) is 18.2. The first-order valence-electron chi connectivity index (χ1n) is 36.8. The van der Waals surface area contributed by atoms with E-state index in [1.54, 1.807) is 72.0 Å². The number of aliphatic hydroxyl groups is 4. The van der Waals surface area contributed by atoms with Gasteiger partial charge in [-0.05, 0) is 134 Å². The Hall–Kier alpha value is -9.19. The van der Waals surface area contributed by atoms with Crippen LogP contribution in [0.4, 0.5) is 13.2 Å². The highest BCUT2D eigenvalue weighted by Gasteiger charge is 2.55. The van der Waals surface area contributed by atoms with Crippen LogP contribution >= 0.6 is 84.7 Å². The molecule has 0 saturated carbocycles. The fourth-order valence-corrected chi connectivity index (χ4v) is 17.0. The van der Waals surface area contributed by atoms with Gasteiger partial charge in [0.1, 0.15) is 68.1 Å². The molecule has 3 aliphatic heterocycles. The smallest absolute Gasteiger partial charge is 0.463 e. The molecule has 644 valence electrons. The van der Waals surface area contributed by atoms with Crippen LogP contribution in [0.2, 0.25) is 15.1 Å². The molecule has 0 radical (unpaired) electrons. The summed E-state index contributed by atoms with van der Waals surface area (Å²) in [7, 11) is -1.58. The highest BCUT2D eigenvalue weighted by molar-refractivity contribution is 9.11. The Morgan fingerprint density at radius 1 is 0.413 bits per heavy atom. The standard InChI is InChI=1S/C30H29ClFNO9S.C25H26BrClO9S.C22H21ClFNO5S.C5H5BFNO2/c1-15(34)38-14-24-28(39-16(2)35)30(41-18(4)37)29(40-17(3)36)27(42-24)19-5-8-23(31)21(11-19)12-22-7-9-25(43-22)20-6-10-26(32)33-13-20;1-12(28)32-11-20-23(33-13(2)29)25(35-15(4)31)24(34-14(3)30)22(36-20)16-5-7-19(27)17(9-16)10-18-6-8-21(26)37-18;23-15-4-1-11(22-21(29)20(28)19(27)16(10-26)30-22)7-13(15)8-14-3-5-17(31-14)12-2-6-18(24)25-9-12;7-5-2-1-4(3-8-5)6(9)10/h5-11,13,24,27-30H,12,14H2,1-4H3;5-9,20,22-25H,10-11H2,1-4H3;1-7,9,16,19-22,26-29H,8,10H2;1-3,9-10H/t24-,27+,28-,29+,30+;20-,22?,23-,24+,25+;16-,19-,20+,21-,22+;/m111./s1. The Balaban J connectivity index is 0.000000196. The summed E-state index contributed by atoms with van der Waals surface area (Å²) in [5.41, 5.74) is 5.76. The molecule has 12 rings (SSSR count). The lowest BCUT2D eigenvalue weighted by atomic mass is 9.82. The number of thiophene rings is 3. The van der Waals surface area contributed by atoms with E-state index in [4.69, 9.17) is 97.0 Å². The van der Waals surface area contributed by atoms with Crippen molar-refractivity contribution in [2.24, 2.45) is 0 Å². The Kier molecular flexibility index (Phi) is 35.4. The molecule has 0 aliphatic carbocycles. The SMILES string of the molecule is CC(=O)OC[C@H]1OC(c2ccc(Cl)c(Cc3ccc(Br)s3)c2)[C@H](OC(C)=O)[C@@H](OC(C)=O)[C@@H]1OC(C)=O.CC(=O)OC[C@H]1O[C@@H](c2ccc(Cl)c(Cc3ccc(-c4ccc(F)nc4)s3)c2)[C@H](OC(C)=O)[C@@H](OC(C)=O)[C@@H]1OC(C)=O.OB(O)c1ccc(F)nc1.OC[C@H]1O[C@@H](c2ccc(Cl)c(Cc3ccc(-c4ccc(F)nc4)s3)c2)[C@H](O)[C@@H](O)[C@@H]1O. The van der Waals surface area contributed by atoms with Gasteiger partial charge in [0.2, 0.25) is 17.8 Å². The molecule has 3 aliphatic rings. The van der Waals surface area contributed by atoms with E-state index in [9.17, 15) is 72.0 Å². The highest BCUT2D eigenvalue weighted by Crippen LogP contribution is 2.43. The fourth-order valence-electron chi connectivity index (χ4n) is 12.9. The van der Waals surface area contributed by atoms with E-state index in [0.717, 1.165) is 75.2 Å². The zero-order valence-corrected chi connectivity index (χ0v) is 71.8. The second-order valence-corrected chi connectivity index (χ2v) is 33.4. The molecule has 121 heavy (non-hydrogen) atoms. The summed E-state index contributed by atoms with van der Waals surface area (Å²) in [6.45, 7) is 8.40. The van der Waals surface area contributed by atoms with Crippen LogP contribution in [0.15, 0.2) is 150 Å². The molecule has 6 aromatic heterocycles. The van der Waals surface area contributed by atoms with Gasteiger partial charge in [0, 0.05) is 149 Å². The molecule has 6 N–H and O–H groups in total. The van der Waals surface area contributed by atoms with Crippen LogP contribution in [0.5, 0.6) is 0 Å². The average molecular weight is 1860 g/mol. The molecule has 15 atom stereocenters. The monoisotopic (exact) mass is 1860 g/mol. The van der Waals surface area contributed by atoms with E-state index in [2.05, 4.69) is 30.9 Å². The van der Waals surface area contributed by atoms with Crippen molar-refractivity contribution in [1.82, 2.24) is 15.0 Å². The number of carbonyl (C=O) groups excluding carboxylic acids is 8. The summed E-state index contributed by atoms with van der Waals surface area (Å²) < 4.78 is 101. The molecule has 0 bridgehead atoms. The van der Waals surface area contributed by atoms with E-state index < -0.39 is 171 Å². The molecule has 0 spiro atoms. The molecule has 0 amide bonds. The van der Waals surface area contributed by atoms with Crippen molar-refractivity contribution in [2.45, 2.75) is 166 Å². The van der Waals surface area contributed by atoms with Gasteiger partial charge in [-0.1, -0.05) is 77.3 Å². The number of hydrogen-bond donors (Lipinski definition) is 6. The van der Waals surface area contributed by atoms with Crippen LogP contribution < -0.4 is 5.46 Å². The van der Waals surface area contributed by atoms with Gasteiger partial charge in [-0.2, -0.15) is 13.2 Å². The van der Waals surface area contributed by atoms with Crippen molar-refractivity contribution < 1.29 is 134 Å². The lowest BCUT2D eigenvalue weighted by Crippen LogP contribution is -2.59. The van der Waals surface area contributed by atoms with Crippen molar-refractivity contribution in [3.63, 3.8) is 0 Å². The number of aromatic nitrogens is 3. The third kappa shape index (κ3) is 27.4. The zero-order valence-electron chi connectivity index (χ0n) is 65.5. The number of pyridine rings is 3. The second-order valence-electron chi connectivity index (χ2n) is 27.3. The number of aliphatic hydroxyl groups excluding tert-OH is 4. The zero-order chi connectivity index (χ0) is 88.2. The molecule has 9 aromatic rings. The maximum Gasteiger partial charge on any atom is 0.490 e. The maximum atomic E-state index is 13.3. The van der Waals surface area contributed by atoms with Gasteiger partial charge in [-0.15, -0.1) is 34.0 Å². The van der Waals surface area contributed by atoms with Gasteiger partial charge in [0.25, 0.3) is 0 Å². The summed E-state index contributed by atoms with van der Waals surface area (Å²) in [4.78, 5) is 111. The lowest BCUT2D eigenvalue weighted by molar-refractivity contribution is -0.254. The number of rotatable bonds is 23. The Labute approximate surface area is 726 Å². The largest absolute Gasteiger partial charge is 0.490 e. The summed E-state index contributed by atoms with van der Waals surface area (Å²) in [5, 5.41) is 58.4. The maximum absolute atomic E-state index is 13.3. The van der Waals surface area contributed by atoms with E-state index in [0.29, 0.717) is 51.0 Å². The normalized spacial score (nSPS) is 22.2. The minimum atomic E-state index is -1.58. The quantitative estimate of drug-likeness (QED) is 0.0150. The molecule has 3 saturated heterocycles. The number of nitrogens with zero attached hydrogens (tertiary/aromatic N) is 3. The Bertz CT molecular complexity index is 5080. The van der Waals surface area contributed by atoms with E-state index in [1.807, 2.05) is 42.5 Å². The highest BCUT2D eigenvalue weighted by atomic mass is 79.9. The van der Waals surface area contributed by atoms with Gasteiger partial charge in [0.15, 0.2) is 36.6 Å². The minimum absolute atomic E-state index is 0.182. The molecule has 3 fully saturated rings. The molecule has 28 nitrogen and oxygen atoms in total. The number of ether oxygens (including phenoxy) is 11. The molecule has 9 heterocycles. The van der Waals surface area contributed by atoms with Crippen molar-refractivity contribution >= 4 is 145 Å². The van der Waals surface area contributed by atoms with Gasteiger partial charge in [0.05, 0.1) is 10.4 Å². The summed E-state index contributed by atoms with van der Waals surface area (Å²) >= 11 is 27.5. The van der Waals surface area contributed by atoms with Crippen LogP contribution in [-0.2, 0) is 110 Å². The van der Waals surface area contributed by atoms with Gasteiger partial charge >= 0.3 is 54.9 Å². The van der Waals surface area contributed by atoms with Crippen LogP contribution in [0, 0.1) is 17.8 Å². The predicted molar refractivity (Wildman–Crippen MR) is 438 cm³/mol. The van der Waals surface area contributed by atoms with Crippen LogP contribution in [0.3, 0.4) is 0 Å². The van der Waals surface area contributed by atoms with E-state index in [-0.39, 0.29) is 18.7 Å². The summed E-state index contributed by atoms with van der Waals surface area (Å²) in [6, 6.07) is 35.4. The number of esters is 8. The summed E-state index contributed by atoms with van der Waals surface area (Å²) in [6.07, 6.45) is -12.1. The molecule has 39 heteroatoms. The van der Waals surface area contributed by atoms with Gasteiger partial charge in [-0.3, -0.25) is 38.4 Å². The van der Waals surface area contributed by atoms with Crippen LogP contribution in [0.25, 0.3) is 20.9 Å². The third-order valence-corrected chi connectivity index (χ3v) is 23.2. The molecule has 3 aromatic carbocycles. The van der Waals surface area contributed by atoms with Crippen molar-refractivity contribution in [2.75, 3.05) is 19.8 Å². The number of halogens is 7. The topological polar surface area (TPSA) is 398 Å². The number of hydrogen-bond acceptors (Lipinski definition) is 31. The van der Waals surface area contributed by atoms with Crippen molar-refractivity contribution in [3.05, 3.63) is 231 Å². The van der Waals surface area contributed by atoms with Gasteiger partial charge in [-0.25, -0.2) is 15.0 Å². The first kappa shape index (κ1) is 95.6. The molecule has 1 unspecified atom stereocenters. The second kappa shape index (κ2) is 44.7. The Morgan fingerprint density at radius 3 is 1.09 bits per heavy atom. The van der Waals surface area contributed by atoms with E-state index in [1.165, 1.54) is 102 Å². The molecular formula is C82H81BBrCl3F3N3O25S3. The van der Waals surface area contributed by atoms with Crippen LogP contribution in [-0.4, -0.2) is 193 Å². The predicted octanol–water partition coefficient (Wildman–Crippen LogP) is 11.2. The number of benzene rings is 3.